The molecule has 0 aromatic heterocycles. The van der Waals surface area contributed by atoms with Crippen LogP contribution in [0.15, 0.2) is 24.3 Å². The number of benzene rings is 1. The molecular weight excluding hydrogens is 220 g/mol. The summed E-state index contributed by atoms with van der Waals surface area (Å²) in [6, 6.07) is 6.61. The van der Waals surface area contributed by atoms with Crippen molar-refractivity contribution in [2.24, 2.45) is 0 Å². The fourth-order valence-corrected chi connectivity index (χ4v) is 2.33. The highest BCUT2D eigenvalue weighted by molar-refractivity contribution is 5.23. The molecule has 0 unspecified atom stereocenters. The predicted octanol–water partition coefficient (Wildman–Crippen LogP) is 4.05. The van der Waals surface area contributed by atoms with Gasteiger partial charge in [0.25, 0.3) is 6.43 Å². The molecule has 94 valence electrons. The van der Waals surface area contributed by atoms with E-state index in [1.807, 2.05) is 0 Å². The highest BCUT2D eigenvalue weighted by Crippen LogP contribution is 2.34. The van der Waals surface area contributed by atoms with Crippen LogP contribution in [0.3, 0.4) is 0 Å². The van der Waals surface area contributed by atoms with Gasteiger partial charge in [-0.15, -0.1) is 0 Å². The molecule has 1 saturated carbocycles. The second kappa shape index (κ2) is 5.13. The van der Waals surface area contributed by atoms with Gasteiger partial charge < -0.3 is 5.32 Å². The second-order valence-corrected chi connectivity index (χ2v) is 4.88. The van der Waals surface area contributed by atoms with Crippen LogP contribution < -0.4 is 5.32 Å². The first-order valence-corrected chi connectivity index (χ1v) is 6.27. The van der Waals surface area contributed by atoms with E-state index in [1.165, 1.54) is 31.4 Å². The molecule has 0 atom stereocenters. The van der Waals surface area contributed by atoms with Crippen LogP contribution in [-0.2, 0) is 6.54 Å². The molecule has 17 heavy (non-hydrogen) atoms. The number of halogens is 2. The Labute approximate surface area is 101 Å². The molecule has 0 amide bonds. The predicted molar refractivity (Wildman–Crippen MR) is 65.1 cm³/mol. The zero-order valence-corrected chi connectivity index (χ0v) is 10.2. The van der Waals surface area contributed by atoms with Gasteiger partial charge in [-0.3, -0.25) is 0 Å². The minimum Gasteiger partial charge on any atom is -0.307 e. The third-order valence-corrected chi connectivity index (χ3v) is 3.89. The summed E-state index contributed by atoms with van der Waals surface area (Å²) in [6.07, 6.45) is 2.54. The van der Waals surface area contributed by atoms with Crippen molar-refractivity contribution >= 4 is 0 Å². The molecule has 1 fully saturated rings. The summed E-state index contributed by atoms with van der Waals surface area (Å²) >= 11 is 0. The maximum atomic E-state index is 12.4. The number of nitrogens with one attached hydrogen (secondary N) is 1. The van der Waals surface area contributed by atoms with Crippen molar-refractivity contribution in [2.75, 3.05) is 0 Å². The molecular formula is C14H19F2N. The van der Waals surface area contributed by atoms with E-state index in [9.17, 15) is 8.78 Å². The molecule has 0 aliphatic heterocycles. The van der Waals surface area contributed by atoms with Crippen molar-refractivity contribution in [3.63, 3.8) is 0 Å². The summed E-state index contributed by atoms with van der Waals surface area (Å²) in [6.45, 7) is 2.98. The van der Waals surface area contributed by atoms with Crippen molar-refractivity contribution in [1.82, 2.24) is 5.32 Å². The molecule has 1 aromatic rings. The molecule has 1 aliphatic rings. The van der Waals surface area contributed by atoms with E-state index in [0.29, 0.717) is 5.54 Å². The Bertz CT molecular complexity index is 349. The normalized spacial score (nSPS) is 18.1. The fraction of sp³-hybridized carbons (Fsp3) is 0.571. The summed E-state index contributed by atoms with van der Waals surface area (Å²) in [7, 11) is 0. The minimum atomic E-state index is -2.37. The topological polar surface area (TPSA) is 12.0 Å². The van der Waals surface area contributed by atoms with Crippen molar-refractivity contribution < 1.29 is 8.78 Å². The standard InChI is InChI=1S/C14H19F2N/c1-2-14(8-3-9-14)17-10-11-4-6-12(7-5-11)13(15)16/h4-7,13,17H,2-3,8-10H2,1H3. The minimum absolute atomic E-state index is 0.0996. The molecule has 0 heterocycles. The molecule has 1 aliphatic carbocycles. The van der Waals surface area contributed by atoms with E-state index in [4.69, 9.17) is 0 Å². The van der Waals surface area contributed by atoms with Crippen LogP contribution in [0.25, 0.3) is 0 Å². The quantitative estimate of drug-likeness (QED) is 0.817. The van der Waals surface area contributed by atoms with Gasteiger partial charge in [-0.05, 0) is 31.2 Å². The Kier molecular flexibility index (Phi) is 3.77. The molecule has 1 aromatic carbocycles. The molecule has 2 rings (SSSR count). The molecule has 0 bridgehead atoms. The average molecular weight is 239 g/mol. The zero-order chi connectivity index (χ0) is 12.3. The van der Waals surface area contributed by atoms with Crippen molar-refractivity contribution in [3.05, 3.63) is 35.4 Å². The monoisotopic (exact) mass is 239 g/mol. The maximum absolute atomic E-state index is 12.4. The highest BCUT2D eigenvalue weighted by atomic mass is 19.3. The van der Waals surface area contributed by atoms with Gasteiger partial charge in [0.1, 0.15) is 0 Å². The van der Waals surface area contributed by atoms with Gasteiger partial charge in [-0.25, -0.2) is 8.78 Å². The summed E-state index contributed by atoms with van der Waals surface area (Å²) in [5.74, 6) is 0. The van der Waals surface area contributed by atoms with Crippen LogP contribution in [0.5, 0.6) is 0 Å². The third kappa shape index (κ3) is 2.83. The molecule has 3 heteroatoms. The summed E-state index contributed by atoms with van der Waals surface area (Å²) in [5.41, 5.74) is 1.48. The van der Waals surface area contributed by atoms with Crippen molar-refractivity contribution in [1.29, 1.82) is 0 Å². The van der Waals surface area contributed by atoms with Gasteiger partial charge in [0.05, 0.1) is 0 Å². The number of alkyl halides is 2. The largest absolute Gasteiger partial charge is 0.307 e. The van der Waals surface area contributed by atoms with Gasteiger partial charge >= 0.3 is 0 Å². The zero-order valence-electron chi connectivity index (χ0n) is 10.2. The van der Waals surface area contributed by atoms with Crippen LogP contribution >= 0.6 is 0 Å². The SMILES string of the molecule is CCC1(NCc2ccc(C(F)F)cc2)CCC1. The summed E-state index contributed by atoms with van der Waals surface area (Å²) in [5, 5.41) is 3.56. The number of rotatable bonds is 5. The Hall–Kier alpha value is -0.960. The first-order chi connectivity index (χ1) is 8.15. The fourth-order valence-electron chi connectivity index (χ4n) is 2.33. The lowest BCUT2D eigenvalue weighted by molar-refractivity contribution is 0.151. The Morgan fingerprint density at radius 3 is 2.29 bits per heavy atom. The Morgan fingerprint density at radius 1 is 1.24 bits per heavy atom. The van der Waals surface area contributed by atoms with Gasteiger partial charge in [-0.1, -0.05) is 31.2 Å². The maximum Gasteiger partial charge on any atom is 0.263 e. The van der Waals surface area contributed by atoms with E-state index >= 15 is 0 Å². The van der Waals surface area contributed by atoms with Crippen LogP contribution in [-0.4, -0.2) is 5.54 Å². The summed E-state index contributed by atoms with van der Waals surface area (Å²) < 4.78 is 24.8. The van der Waals surface area contributed by atoms with Crippen LogP contribution in [0.2, 0.25) is 0 Å². The van der Waals surface area contributed by atoms with Gasteiger partial charge in [0.2, 0.25) is 0 Å². The van der Waals surface area contributed by atoms with Gasteiger partial charge in [0, 0.05) is 17.6 Å². The Morgan fingerprint density at radius 2 is 1.88 bits per heavy atom. The molecule has 1 N–H and O–H groups in total. The average Bonchev–Trinajstić information content (AvgIpc) is 2.29. The lowest BCUT2D eigenvalue weighted by Gasteiger charge is -2.42. The smallest absolute Gasteiger partial charge is 0.263 e. The first kappa shape index (κ1) is 12.5. The van der Waals surface area contributed by atoms with E-state index < -0.39 is 6.43 Å². The van der Waals surface area contributed by atoms with E-state index in [0.717, 1.165) is 18.5 Å². The van der Waals surface area contributed by atoms with E-state index in [2.05, 4.69) is 12.2 Å². The third-order valence-electron chi connectivity index (χ3n) is 3.89. The lowest BCUT2D eigenvalue weighted by atomic mass is 9.75. The van der Waals surface area contributed by atoms with Crippen LogP contribution in [0, 0.1) is 0 Å². The lowest BCUT2D eigenvalue weighted by Crippen LogP contribution is -2.49. The number of hydrogen-bond donors (Lipinski definition) is 1. The second-order valence-electron chi connectivity index (χ2n) is 4.88. The number of hydrogen-bond acceptors (Lipinski definition) is 1. The Balaban J connectivity index is 1.91. The van der Waals surface area contributed by atoms with Crippen molar-refractivity contribution in [2.45, 2.75) is 51.1 Å². The highest BCUT2D eigenvalue weighted by Gasteiger charge is 2.34. The molecule has 0 saturated heterocycles. The summed E-state index contributed by atoms with van der Waals surface area (Å²) in [4.78, 5) is 0. The van der Waals surface area contributed by atoms with Crippen LogP contribution in [0.4, 0.5) is 8.78 Å². The van der Waals surface area contributed by atoms with E-state index in [-0.39, 0.29) is 5.56 Å². The molecule has 0 radical (unpaired) electrons. The van der Waals surface area contributed by atoms with Crippen LogP contribution in [0.1, 0.15) is 50.2 Å². The van der Waals surface area contributed by atoms with Crippen molar-refractivity contribution in [3.8, 4) is 0 Å². The van der Waals surface area contributed by atoms with Gasteiger partial charge in [0.15, 0.2) is 0 Å². The molecule has 1 nitrogen and oxygen atoms in total. The molecule has 0 spiro atoms. The van der Waals surface area contributed by atoms with E-state index in [1.54, 1.807) is 12.1 Å². The van der Waals surface area contributed by atoms with Gasteiger partial charge in [-0.2, -0.15) is 0 Å². The first-order valence-electron chi connectivity index (χ1n) is 6.27.